The summed E-state index contributed by atoms with van der Waals surface area (Å²) in [4.78, 5) is 35.1. The van der Waals surface area contributed by atoms with Gasteiger partial charge >= 0.3 is 11.9 Å². The molecular formula is C29H28O8. The second-order valence-electron chi connectivity index (χ2n) is 8.08. The number of aromatic carboxylic acids is 1. The van der Waals surface area contributed by atoms with Crippen LogP contribution in [0.4, 0.5) is 0 Å². The van der Waals surface area contributed by atoms with Gasteiger partial charge in [0.05, 0.1) is 19.3 Å². The summed E-state index contributed by atoms with van der Waals surface area (Å²) in [5.41, 5.74) is 1.49. The third kappa shape index (κ3) is 8.24. The lowest BCUT2D eigenvalue weighted by molar-refractivity contribution is -0.139. The van der Waals surface area contributed by atoms with Gasteiger partial charge in [0.15, 0.2) is 23.9 Å². The number of benzene rings is 3. The van der Waals surface area contributed by atoms with Crippen LogP contribution in [-0.2, 0) is 4.79 Å². The molecule has 0 aromatic heterocycles. The standard InChI is InChI=1S/C29H28O8/c1-35-24-13-10-20(11-14-24)7-4-2-3-5-16-36-25-15-12-22(18-26(25)37-19-27(30)31)28(32)21-8-6-9-23(17-21)29(33)34/h4,6-15,17-18H,2-3,5,16,19H2,1H3,(H,30,31)(H,33,34). The number of rotatable bonds is 14. The maximum absolute atomic E-state index is 12.9. The fraction of sp³-hybridized carbons (Fsp3) is 0.207. The molecule has 2 N–H and O–H groups in total. The van der Waals surface area contributed by atoms with Crippen LogP contribution in [0.1, 0.15) is 51.1 Å². The van der Waals surface area contributed by atoms with Crippen LogP contribution in [0, 0.1) is 0 Å². The maximum atomic E-state index is 12.9. The number of carbonyl (C=O) groups excluding carboxylic acids is 1. The summed E-state index contributed by atoms with van der Waals surface area (Å²) < 4.78 is 16.3. The van der Waals surface area contributed by atoms with E-state index in [2.05, 4.69) is 6.08 Å². The van der Waals surface area contributed by atoms with E-state index < -0.39 is 24.3 Å². The Morgan fingerprint density at radius 3 is 2.24 bits per heavy atom. The van der Waals surface area contributed by atoms with Crippen molar-refractivity contribution in [2.75, 3.05) is 20.3 Å². The van der Waals surface area contributed by atoms with Gasteiger partial charge < -0.3 is 24.4 Å². The Kier molecular flexibility index (Phi) is 9.84. The van der Waals surface area contributed by atoms with Crippen molar-refractivity contribution in [1.29, 1.82) is 0 Å². The Hall–Kier alpha value is -4.59. The topological polar surface area (TPSA) is 119 Å². The number of carboxylic acid groups (broad SMARTS) is 2. The van der Waals surface area contributed by atoms with Crippen LogP contribution in [0.15, 0.2) is 72.8 Å². The summed E-state index contributed by atoms with van der Waals surface area (Å²) in [6, 6.07) is 18.0. The molecule has 8 nitrogen and oxygen atoms in total. The average molecular weight is 505 g/mol. The summed E-state index contributed by atoms with van der Waals surface area (Å²) in [6.07, 6.45) is 6.63. The largest absolute Gasteiger partial charge is 0.497 e. The molecule has 0 amide bonds. The molecule has 0 aliphatic carbocycles. The molecule has 0 fully saturated rings. The van der Waals surface area contributed by atoms with Gasteiger partial charge in [-0.15, -0.1) is 0 Å². The summed E-state index contributed by atoms with van der Waals surface area (Å²) in [5.74, 6) is -1.46. The summed E-state index contributed by atoms with van der Waals surface area (Å²) in [6.45, 7) is -0.216. The number of methoxy groups -OCH3 is 1. The molecule has 0 heterocycles. The van der Waals surface area contributed by atoms with Gasteiger partial charge in [-0.1, -0.05) is 36.4 Å². The van der Waals surface area contributed by atoms with Gasteiger partial charge in [-0.3, -0.25) is 4.79 Å². The van der Waals surface area contributed by atoms with Crippen molar-refractivity contribution in [3.8, 4) is 17.2 Å². The van der Waals surface area contributed by atoms with Crippen molar-refractivity contribution in [1.82, 2.24) is 0 Å². The number of hydrogen-bond acceptors (Lipinski definition) is 6. The molecule has 0 aliphatic rings. The van der Waals surface area contributed by atoms with Crippen LogP contribution in [-0.4, -0.2) is 48.3 Å². The monoisotopic (exact) mass is 504 g/mol. The minimum atomic E-state index is -1.17. The van der Waals surface area contributed by atoms with E-state index in [-0.39, 0.29) is 22.4 Å². The summed E-state index contributed by atoms with van der Waals surface area (Å²) >= 11 is 0. The molecule has 8 heteroatoms. The first-order valence-electron chi connectivity index (χ1n) is 11.7. The van der Waals surface area contributed by atoms with Crippen LogP contribution in [0.2, 0.25) is 0 Å². The quantitative estimate of drug-likeness (QED) is 0.223. The number of ketones is 1. The van der Waals surface area contributed by atoms with E-state index in [1.165, 1.54) is 36.4 Å². The highest BCUT2D eigenvalue weighted by Crippen LogP contribution is 2.30. The van der Waals surface area contributed by atoms with E-state index in [0.717, 1.165) is 30.6 Å². The molecule has 0 radical (unpaired) electrons. The molecule has 0 bridgehead atoms. The second kappa shape index (κ2) is 13.5. The average Bonchev–Trinajstić information content (AvgIpc) is 2.91. The predicted octanol–water partition coefficient (Wildman–Crippen LogP) is 5.35. The Bertz CT molecular complexity index is 1260. The molecule has 3 aromatic carbocycles. The lowest BCUT2D eigenvalue weighted by Crippen LogP contribution is -2.11. The highest BCUT2D eigenvalue weighted by atomic mass is 16.5. The minimum absolute atomic E-state index is 0.00741. The third-order valence-electron chi connectivity index (χ3n) is 5.38. The number of aliphatic carboxylic acids is 1. The van der Waals surface area contributed by atoms with E-state index in [9.17, 15) is 19.5 Å². The summed E-state index contributed by atoms with van der Waals surface area (Å²) in [7, 11) is 1.63. The zero-order chi connectivity index (χ0) is 26.6. The zero-order valence-electron chi connectivity index (χ0n) is 20.4. The van der Waals surface area contributed by atoms with Crippen LogP contribution in [0.5, 0.6) is 17.2 Å². The summed E-state index contributed by atoms with van der Waals surface area (Å²) in [5, 5.41) is 18.2. The molecule has 0 saturated heterocycles. The van der Waals surface area contributed by atoms with Crippen LogP contribution >= 0.6 is 0 Å². The number of ether oxygens (including phenoxy) is 3. The molecule has 0 spiro atoms. The molecule has 3 aromatic rings. The van der Waals surface area contributed by atoms with Crippen molar-refractivity contribution in [3.05, 3.63) is 95.1 Å². The normalized spacial score (nSPS) is 10.7. The van der Waals surface area contributed by atoms with Crippen LogP contribution in [0.25, 0.3) is 6.08 Å². The van der Waals surface area contributed by atoms with Crippen molar-refractivity contribution in [2.45, 2.75) is 19.3 Å². The highest BCUT2D eigenvalue weighted by molar-refractivity contribution is 6.10. The Morgan fingerprint density at radius 2 is 1.54 bits per heavy atom. The van der Waals surface area contributed by atoms with E-state index in [4.69, 9.17) is 19.3 Å². The smallest absolute Gasteiger partial charge is 0.341 e. The SMILES string of the molecule is COc1ccc(C=CCCCCOc2ccc(C(=O)c3cccc(C(=O)O)c3)cc2OCC(=O)O)cc1. The van der Waals surface area contributed by atoms with Crippen molar-refractivity contribution in [2.24, 2.45) is 0 Å². The van der Waals surface area contributed by atoms with Crippen molar-refractivity contribution < 1.29 is 38.8 Å². The Morgan fingerprint density at radius 1 is 0.811 bits per heavy atom. The van der Waals surface area contributed by atoms with Gasteiger partial charge in [0.2, 0.25) is 0 Å². The number of hydrogen-bond donors (Lipinski definition) is 2. The second-order valence-corrected chi connectivity index (χ2v) is 8.08. The fourth-order valence-electron chi connectivity index (χ4n) is 3.46. The first kappa shape index (κ1) is 27.0. The third-order valence-corrected chi connectivity index (χ3v) is 5.38. The molecule has 192 valence electrons. The van der Waals surface area contributed by atoms with E-state index in [0.29, 0.717) is 12.4 Å². The molecular weight excluding hydrogens is 476 g/mol. The predicted molar refractivity (Wildman–Crippen MR) is 138 cm³/mol. The number of carbonyl (C=O) groups is 3. The van der Waals surface area contributed by atoms with Gasteiger partial charge in [0, 0.05) is 11.1 Å². The lowest BCUT2D eigenvalue weighted by atomic mass is 10.0. The van der Waals surface area contributed by atoms with E-state index in [1.54, 1.807) is 13.2 Å². The first-order valence-corrected chi connectivity index (χ1v) is 11.7. The van der Waals surface area contributed by atoms with Gasteiger partial charge in [0.25, 0.3) is 0 Å². The van der Waals surface area contributed by atoms with Crippen LogP contribution < -0.4 is 14.2 Å². The van der Waals surface area contributed by atoms with E-state index in [1.807, 2.05) is 30.3 Å². The van der Waals surface area contributed by atoms with Crippen molar-refractivity contribution >= 4 is 23.8 Å². The van der Waals surface area contributed by atoms with Crippen LogP contribution in [0.3, 0.4) is 0 Å². The molecule has 3 rings (SSSR count). The molecule has 0 unspecified atom stereocenters. The zero-order valence-corrected chi connectivity index (χ0v) is 20.4. The minimum Gasteiger partial charge on any atom is -0.497 e. The van der Waals surface area contributed by atoms with Gasteiger partial charge in [0.1, 0.15) is 5.75 Å². The number of unbranched alkanes of at least 4 members (excludes halogenated alkanes) is 2. The molecule has 0 aliphatic heterocycles. The number of allylic oxidation sites excluding steroid dienone is 1. The molecule has 0 saturated carbocycles. The first-order chi connectivity index (χ1) is 17.9. The number of carboxylic acids is 2. The van der Waals surface area contributed by atoms with E-state index >= 15 is 0 Å². The maximum Gasteiger partial charge on any atom is 0.341 e. The van der Waals surface area contributed by atoms with Crippen molar-refractivity contribution in [3.63, 3.8) is 0 Å². The fourth-order valence-corrected chi connectivity index (χ4v) is 3.46. The lowest BCUT2D eigenvalue weighted by Gasteiger charge is -2.13. The van der Waals surface area contributed by atoms with Gasteiger partial charge in [-0.25, -0.2) is 9.59 Å². The van der Waals surface area contributed by atoms with Gasteiger partial charge in [-0.05, 0) is 67.3 Å². The molecule has 37 heavy (non-hydrogen) atoms. The van der Waals surface area contributed by atoms with Gasteiger partial charge in [-0.2, -0.15) is 0 Å². The Labute approximate surface area is 214 Å². The molecule has 0 atom stereocenters. The highest BCUT2D eigenvalue weighted by Gasteiger charge is 2.16. The Balaban J connectivity index is 1.59.